The summed E-state index contributed by atoms with van der Waals surface area (Å²) < 4.78 is 1.16. The lowest BCUT2D eigenvalue weighted by molar-refractivity contribution is 0.722. The number of halogens is 1. The van der Waals surface area contributed by atoms with Crippen molar-refractivity contribution in [3.05, 3.63) is 130 Å². The first kappa shape index (κ1) is 17.8. The van der Waals surface area contributed by atoms with Crippen molar-refractivity contribution in [3.63, 3.8) is 0 Å². The minimum Gasteiger partial charge on any atom is -0.0882 e. The molecule has 0 nitrogen and oxygen atoms in total. The minimum atomic E-state index is -0.309. The zero-order chi connectivity index (χ0) is 20.6. The van der Waals surface area contributed by atoms with Gasteiger partial charge in [0, 0.05) is 14.3 Å². The Labute approximate surface area is 194 Å². The number of benzene rings is 5. The van der Waals surface area contributed by atoms with Crippen LogP contribution in [-0.4, -0.2) is 0 Å². The second-order valence-electron chi connectivity index (χ2n) is 8.26. The van der Waals surface area contributed by atoms with E-state index in [0.29, 0.717) is 0 Å². The molecular formula is C29H17BrS. The Balaban J connectivity index is 1.73. The van der Waals surface area contributed by atoms with Crippen LogP contribution < -0.4 is 0 Å². The van der Waals surface area contributed by atoms with E-state index in [-0.39, 0.29) is 5.41 Å². The molecule has 0 N–H and O–H groups in total. The summed E-state index contributed by atoms with van der Waals surface area (Å²) in [4.78, 5) is 2.65. The molecule has 0 atom stereocenters. The van der Waals surface area contributed by atoms with E-state index in [9.17, 15) is 0 Å². The van der Waals surface area contributed by atoms with Crippen LogP contribution in [0, 0.1) is 0 Å². The standard InChI is InChI=1S/C29H17BrS/c30-26-15-7-14-24-28(26)31-27-17-19-9-2-1-8-18(19)16-25(27)29(24)22-12-5-3-10-20(22)21-11-4-6-13-23(21)29/h1-17H. The van der Waals surface area contributed by atoms with Gasteiger partial charge in [0.25, 0.3) is 0 Å². The first-order valence-corrected chi connectivity index (χ1v) is 12.1. The predicted molar refractivity (Wildman–Crippen MR) is 133 cm³/mol. The molecule has 7 rings (SSSR count). The SMILES string of the molecule is Brc1cccc2c1Sc1cc3ccccc3cc1C21c2ccccc2-c2ccccc21. The van der Waals surface area contributed by atoms with Gasteiger partial charge in [-0.2, -0.15) is 0 Å². The number of fused-ring (bicyclic) bond motifs is 10. The highest BCUT2D eigenvalue weighted by molar-refractivity contribution is 9.10. The van der Waals surface area contributed by atoms with Gasteiger partial charge >= 0.3 is 0 Å². The molecular weight excluding hydrogens is 460 g/mol. The summed E-state index contributed by atoms with van der Waals surface area (Å²) in [6.07, 6.45) is 0. The summed E-state index contributed by atoms with van der Waals surface area (Å²) in [5.74, 6) is 0. The minimum absolute atomic E-state index is 0.309. The summed E-state index contributed by atoms with van der Waals surface area (Å²) in [6, 6.07) is 38.1. The Kier molecular flexibility index (Phi) is 3.65. The van der Waals surface area contributed by atoms with E-state index >= 15 is 0 Å². The number of hydrogen-bond acceptors (Lipinski definition) is 1. The Morgan fingerprint density at radius 2 is 1.13 bits per heavy atom. The molecule has 0 saturated heterocycles. The molecule has 1 aliphatic carbocycles. The van der Waals surface area contributed by atoms with Crippen LogP contribution in [0.25, 0.3) is 21.9 Å². The second-order valence-corrected chi connectivity index (χ2v) is 10.2. The van der Waals surface area contributed by atoms with Crippen LogP contribution in [0.3, 0.4) is 0 Å². The van der Waals surface area contributed by atoms with Crippen molar-refractivity contribution in [2.75, 3.05) is 0 Å². The molecule has 5 aromatic carbocycles. The Hall–Kier alpha value is -2.81. The molecule has 1 spiro atoms. The van der Waals surface area contributed by atoms with Gasteiger partial charge in [-0.25, -0.2) is 0 Å². The molecule has 0 radical (unpaired) electrons. The van der Waals surface area contributed by atoms with Crippen LogP contribution in [0.5, 0.6) is 0 Å². The van der Waals surface area contributed by atoms with Gasteiger partial charge in [-0.1, -0.05) is 96.7 Å². The third kappa shape index (κ3) is 2.22. The average molecular weight is 477 g/mol. The fraction of sp³-hybridized carbons (Fsp3) is 0.0345. The van der Waals surface area contributed by atoms with Gasteiger partial charge in [0.1, 0.15) is 0 Å². The third-order valence-corrected chi connectivity index (χ3v) is 8.91. The van der Waals surface area contributed by atoms with Gasteiger partial charge in [-0.3, -0.25) is 0 Å². The Morgan fingerprint density at radius 1 is 0.548 bits per heavy atom. The van der Waals surface area contributed by atoms with Crippen molar-refractivity contribution < 1.29 is 0 Å². The largest absolute Gasteiger partial charge is 0.0882 e. The van der Waals surface area contributed by atoms with Gasteiger partial charge in [0.15, 0.2) is 0 Å². The van der Waals surface area contributed by atoms with E-state index in [1.54, 1.807) is 0 Å². The molecule has 2 heteroatoms. The maximum Gasteiger partial charge on any atom is 0.0736 e. The van der Waals surface area contributed by atoms with Crippen molar-refractivity contribution in [2.24, 2.45) is 0 Å². The van der Waals surface area contributed by atoms with Gasteiger partial charge in [-0.05, 0) is 78.3 Å². The summed E-state index contributed by atoms with van der Waals surface area (Å²) in [7, 11) is 0. The normalized spacial score (nSPS) is 14.7. The summed E-state index contributed by atoms with van der Waals surface area (Å²) in [5.41, 5.74) is 7.90. The molecule has 146 valence electrons. The Bertz CT molecular complexity index is 1490. The van der Waals surface area contributed by atoms with E-state index < -0.39 is 0 Å². The number of hydrogen-bond donors (Lipinski definition) is 0. The molecule has 5 aromatic rings. The summed E-state index contributed by atoms with van der Waals surface area (Å²) in [5, 5.41) is 2.58. The zero-order valence-electron chi connectivity index (χ0n) is 16.6. The average Bonchev–Trinajstić information content (AvgIpc) is 3.11. The van der Waals surface area contributed by atoms with Crippen molar-refractivity contribution in [1.29, 1.82) is 0 Å². The van der Waals surface area contributed by atoms with Crippen LogP contribution in [-0.2, 0) is 5.41 Å². The highest BCUT2D eigenvalue weighted by Crippen LogP contribution is 2.63. The second kappa shape index (κ2) is 6.35. The smallest absolute Gasteiger partial charge is 0.0736 e. The van der Waals surface area contributed by atoms with Crippen LogP contribution in [0.1, 0.15) is 22.3 Å². The molecule has 0 aromatic heterocycles. The summed E-state index contributed by atoms with van der Waals surface area (Å²) in [6.45, 7) is 0. The van der Waals surface area contributed by atoms with Crippen LogP contribution in [0.2, 0.25) is 0 Å². The van der Waals surface area contributed by atoms with Gasteiger partial charge in [-0.15, -0.1) is 0 Å². The molecule has 0 fully saturated rings. The first-order chi connectivity index (χ1) is 15.3. The molecule has 0 amide bonds. The summed E-state index contributed by atoms with van der Waals surface area (Å²) >= 11 is 5.76. The lowest BCUT2D eigenvalue weighted by Crippen LogP contribution is -2.32. The molecule has 1 aliphatic heterocycles. The maximum atomic E-state index is 3.87. The monoisotopic (exact) mass is 476 g/mol. The van der Waals surface area contributed by atoms with Crippen LogP contribution >= 0.6 is 27.7 Å². The van der Waals surface area contributed by atoms with Gasteiger partial charge in [0.05, 0.1) is 5.41 Å². The molecule has 0 unspecified atom stereocenters. The molecule has 31 heavy (non-hydrogen) atoms. The van der Waals surface area contributed by atoms with Gasteiger partial charge in [0.2, 0.25) is 0 Å². The van der Waals surface area contributed by atoms with E-state index in [0.717, 1.165) is 4.47 Å². The topological polar surface area (TPSA) is 0 Å². The van der Waals surface area contributed by atoms with Crippen molar-refractivity contribution in [3.8, 4) is 11.1 Å². The Morgan fingerprint density at radius 3 is 1.84 bits per heavy atom. The molecule has 0 bridgehead atoms. The van der Waals surface area contributed by atoms with Crippen LogP contribution in [0.4, 0.5) is 0 Å². The predicted octanol–water partition coefficient (Wildman–Crippen LogP) is 8.43. The lowest BCUT2D eigenvalue weighted by atomic mass is 9.67. The van der Waals surface area contributed by atoms with Crippen molar-refractivity contribution in [1.82, 2.24) is 0 Å². The first-order valence-electron chi connectivity index (χ1n) is 10.5. The fourth-order valence-corrected chi connectivity index (χ4v) is 7.41. The number of rotatable bonds is 0. The highest BCUT2D eigenvalue weighted by atomic mass is 79.9. The fourth-order valence-electron chi connectivity index (χ4n) is 5.58. The van der Waals surface area contributed by atoms with E-state index in [1.165, 1.54) is 53.9 Å². The van der Waals surface area contributed by atoms with Crippen molar-refractivity contribution in [2.45, 2.75) is 15.2 Å². The molecule has 0 saturated carbocycles. The van der Waals surface area contributed by atoms with E-state index in [2.05, 4.69) is 119 Å². The van der Waals surface area contributed by atoms with Crippen molar-refractivity contribution >= 4 is 38.5 Å². The quantitative estimate of drug-likeness (QED) is 0.211. The lowest BCUT2D eigenvalue weighted by Gasteiger charge is -2.40. The third-order valence-electron chi connectivity index (χ3n) is 6.79. The zero-order valence-corrected chi connectivity index (χ0v) is 19.0. The maximum absolute atomic E-state index is 3.87. The molecule has 2 aliphatic rings. The highest BCUT2D eigenvalue weighted by Gasteiger charge is 2.50. The van der Waals surface area contributed by atoms with Gasteiger partial charge < -0.3 is 0 Å². The molecule has 1 heterocycles. The van der Waals surface area contributed by atoms with E-state index in [4.69, 9.17) is 0 Å². The van der Waals surface area contributed by atoms with E-state index in [1.807, 2.05) is 11.8 Å². The van der Waals surface area contributed by atoms with Crippen LogP contribution in [0.15, 0.2) is 117 Å².